The van der Waals surface area contributed by atoms with Crippen LogP contribution < -0.4 is 15.4 Å². The number of carbonyl (C=O) groups excluding carboxylic acids is 1. The Hall–Kier alpha value is -1.46. The van der Waals surface area contributed by atoms with Crippen LogP contribution in [0.1, 0.15) is 25.7 Å². The fourth-order valence-electron chi connectivity index (χ4n) is 2.88. The third-order valence-electron chi connectivity index (χ3n) is 4.28. The SMILES string of the molecule is O=C(NCCOc1ccccc1Cl)N[C@@H]1CCO[C@@H](C2CC2)C1. The van der Waals surface area contributed by atoms with Gasteiger partial charge in [0.25, 0.3) is 0 Å². The monoisotopic (exact) mass is 338 g/mol. The maximum Gasteiger partial charge on any atom is 0.315 e. The van der Waals surface area contributed by atoms with Gasteiger partial charge in [0.2, 0.25) is 0 Å². The van der Waals surface area contributed by atoms with E-state index in [4.69, 9.17) is 21.1 Å². The van der Waals surface area contributed by atoms with Crippen LogP contribution in [0, 0.1) is 5.92 Å². The van der Waals surface area contributed by atoms with Crippen molar-refractivity contribution in [3.8, 4) is 5.75 Å². The van der Waals surface area contributed by atoms with Gasteiger partial charge in [-0.15, -0.1) is 0 Å². The Balaban J connectivity index is 1.32. The number of para-hydroxylation sites is 1. The number of hydrogen-bond acceptors (Lipinski definition) is 3. The van der Waals surface area contributed by atoms with Gasteiger partial charge >= 0.3 is 6.03 Å². The van der Waals surface area contributed by atoms with Crippen molar-refractivity contribution in [1.29, 1.82) is 0 Å². The Morgan fingerprint density at radius 2 is 2.13 bits per heavy atom. The number of carbonyl (C=O) groups is 1. The summed E-state index contributed by atoms with van der Waals surface area (Å²) >= 11 is 6.00. The summed E-state index contributed by atoms with van der Waals surface area (Å²) < 4.78 is 11.3. The van der Waals surface area contributed by atoms with E-state index < -0.39 is 0 Å². The van der Waals surface area contributed by atoms with Crippen LogP contribution in [0.3, 0.4) is 0 Å². The van der Waals surface area contributed by atoms with Gasteiger partial charge in [0.15, 0.2) is 0 Å². The maximum atomic E-state index is 11.9. The zero-order chi connectivity index (χ0) is 16.1. The number of halogens is 1. The van der Waals surface area contributed by atoms with Crippen molar-refractivity contribution in [1.82, 2.24) is 10.6 Å². The highest BCUT2D eigenvalue weighted by molar-refractivity contribution is 6.32. The van der Waals surface area contributed by atoms with Gasteiger partial charge in [0, 0.05) is 12.6 Å². The van der Waals surface area contributed by atoms with Crippen molar-refractivity contribution in [2.75, 3.05) is 19.8 Å². The highest BCUT2D eigenvalue weighted by Gasteiger charge is 2.36. The van der Waals surface area contributed by atoms with Gasteiger partial charge in [-0.3, -0.25) is 0 Å². The second kappa shape index (κ2) is 7.88. The molecule has 1 saturated carbocycles. The van der Waals surface area contributed by atoms with Crippen LogP contribution in [-0.4, -0.2) is 37.9 Å². The van der Waals surface area contributed by atoms with Crippen molar-refractivity contribution in [2.24, 2.45) is 5.92 Å². The normalized spacial score (nSPS) is 24.0. The smallest absolute Gasteiger partial charge is 0.315 e. The topological polar surface area (TPSA) is 59.6 Å². The van der Waals surface area contributed by atoms with Gasteiger partial charge in [0.05, 0.1) is 17.7 Å². The lowest BCUT2D eigenvalue weighted by atomic mass is 10.0. The highest BCUT2D eigenvalue weighted by Crippen LogP contribution is 2.38. The number of urea groups is 1. The van der Waals surface area contributed by atoms with Gasteiger partial charge in [0.1, 0.15) is 12.4 Å². The highest BCUT2D eigenvalue weighted by atomic mass is 35.5. The van der Waals surface area contributed by atoms with E-state index in [-0.39, 0.29) is 12.1 Å². The molecule has 1 aromatic carbocycles. The fraction of sp³-hybridized carbons (Fsp3) is 0.588. The fourth-order valence-corrected chi connectivity index (χ4v) is 3.07. The molecule has 2 aliphatic rings. The zero-order valence-corrected chi connectivity index (χ0v) is 13.8. The van der Waals surface area contributed by atoms with Crippen LogP contribution in [0.2, 0.25) is 5.02 Å². The molecule has 3 rings (SSSR count). The predicted molar refractivity (Wildman–Crippen MR) is 89.0 cm³/mol. The summed E-state index contributed by atoms with van der Waals surface area (Å²) in [5.41, 5.74) is 0. The summed E-state index contributed by atoms with van der Waals surface area (Å²) in [5.74, 6) is 1.35. The second-order valence-corrected chi connectivity index (χ2v) is 6.55. The molecule has 1 saturated heterocycles. The number of rotatable bonds is 6. The van der Waals surface area contributed by atoms with Gasteiger partial charge in [-0.1, -0.05) is 23.7 Å². The predicted octanol–water partition coefficient (Wildman–Crippen LogP) is 2.98. The molecule has 0 radical (unpaired) electrons. The first kappa shape index (κ1) is 16.4. The molecule has 2 N–H and O–H groups in total. The average molecular weight is 339 g/mol. The molecule has 1 aromatic rings. The number of hydrogen-bond donors (Lipinski definition) is 2. The summed E-state index contributed by atoms with van der Waals surface area (Å²) in [6, 6.07) is 7.36. The molecule has 0 spiro atoms. The van der Waals surface area contributed by atoms with Crippen LogP contribution in [-0.2, 0) is 4.74 Å². The Morgan fingerprint density at radius 3 is 2.91 bits per heavy atom. The van der Waals surface area contributed by atoms with E-state index in [9.17, 15) is 4.79 Å². The minimum Gasteiger partial charge on any atom is -0.490 e. The quantitative estimate of drug-likeness (QED) is 0.784. The maximum absolute atomic E-state index is 11.9. The largest absolute Gasteiger partial charge is 0.490 e. The molecule has 6 heteroatoms. The van der Waals surface area contributed by atoms with Crippen LogP contribution in [0.4, 0.5) is 4.79 Å². The van der Waals surface area contributed by atoms with E-state index in [2.05, 4.69) is 10.6 Å². The number of amides is 2. The van der Waals surface area contributed by atoms with Gasteiger partial charge in [-0.2, -0.15) is 0 Å². The average Bonchev–Trinajstić information content (AvgIpc) is 3.38. The van der Waals surface area contributed by atoms with Crippen molar-refractivity contribution in [3.05, 3.63) is 29.3 Å². The molecule has 0 unspecified atom stereocenters. The van der Waals surface area contributed by atoms with Crippen LogP contribution in [0.25, 0.3) is 0 Å². The Kier molecular flexibility index (Phi) is 5.62. The van der Waals surface area contributed by atoms with Gasteiger partial charge in [-0.05, 0) is 43.7 Å². The van der Waals surface area contributed by atoms with Crippen LogP contribution in [0.15, 0.2) is 24.3 Å². The summed E-state index contributed by atoms with van der Waals surface area (Å²) in [6.45, 7) is 1.56. The van der Waals surface area contributed by atoms with Crippen LogP contribution in [0.5, 0.6) is 5.75 Å². The van der Waals surface area contributed by atoms with E-state index in [1.807, 2.05) is 18.2 Å². The molecule has 0 bridgehead atoms. The molecular weight excluding hydrogens is 316 g/mol. The molecule has 2 amide bonds. The van der Waals surface area contributed by atoms with E-state index in [1.54, 1.807) is 6.07 Å². The molecule has 1 aliphatic carbocycles. The molecular formula is C17H23ClN2O3. The lowest BCUT2D eigenvalue weighted by Gasteiger charge is -2.30. The first-order valence-corrected chi connectivity index (χ1v) is 8.63. The van der Waals surface area contributed by atoms with Crippen molar-refractivity contribution in [2.45, 2.75) is 37.8 Å². The minimum atomic E-state index is -0.144. The molecule has 126 valence electrons. The molecule has 23 heavy (non-hydrogen) atoms. The van der Waals surface area contributed by atoms with Crippen molar-refractivity contribution >= 4 is 17.6 Å². The molecule has 5 nitrogen and oxygen atoms in total. The Bertz CT molecular complexity index is 536. The molecule has 2 atom stereocenters. The van der Waals surface area contributed by atoms with Crippen molar-refractivity contribution in [3.63, 3.8) is 0 Å². The number of nitrogens with one attached hydrogen (secondary N) is 2. The third-order valence-corrected chi connectivity index (χ3v) is 4.59. The van der Waals surface area contributed by atoms with E-state index in [0.717, 1.165) is 19.4 Å². The molecule has 2 fully saturated rings. The Morgan fingerprint density at radius 1 is 1.30 bits per heavy atom. The first-order valence-electron chi connectivity index (χ1n) is 8.25. The van der Waals surface area contributed by atoms with E-state index in [0.29, 0.717) is 35.9 Å². The zero-order valence-electron chi connectivity index (χ0n) is 13.1. The van der Waals surface area contributed by atoms with Crippen LogP contribution >= 0.6 is 11.6 Å². The first-order chi connectivity index (χ1) is 11.2. The standard InChI is InChI=1S/C17H23ClN2O3/c18-14-3-1-2-4-15(14)23-10-8-19-17(21)20-13-7-9-22-16(11-13)12-5-6-12/h1-4,12-13,16H,5-11H2,(H2,19,20,21)/t13-,16-/m1/s1. The minimum absolute atomic E-state index is 0.144. The summed E-state index contributed by atoms with van der Waals surface area (Å²) in [6.07, 6.45) is 4.67. The van der Waals surface area contributed by atoms with Gasteiger partial charge in [-0.25, -0.2) is 4.79 Å². The summed E-state index contributed by atoms with van der Waals surface area (Å²) in [4.78, 5) is 11.9. The molecule has 1 heterocycles. The lowest BCUT2D eigenvalue weighted by Crippen LogP contribution is -2.47. The second-order valence-electron chi connectivity index (χ2n) is 6.15. The summed E-state index contributed by atoms with van der Waals surface area (Å²) in [5, 5.41) is 6.42. The molecule has 0 aromatic heterocycles. The number of benzene rings is 1. The summed E-state index contributed by atoms with van der Waals surface area (Å²) in [7, 11) is 0. The van der Waals surface area contributed by atoms with E-state index >= 15 is 0 Å². The number of ether oxygens (including phenoxy) is 2. The van der Waals surface area contributed by atoms with Crippen molar-refractivity contribution < 1.29 is 14.3 Å². The Labute approximate surface area is 141 Å². The lowest BCUT2D eigenvalue weighted by molar-refractivity contribution is -0.00914. The van der Waals surface area contributed by atoms with E-state index in [1.165, 1.54) is 12.8 Å². The third kappa shape index (κ3) is 5.01. The van der Waals surface area contributed by atoms with Gasteiger partial charge < -0.3 is 20.1 Å². The molecule has 1 aliphatic heterocycles.